The van der Waals surface area contributed by atoms with Gasteiger partial charge >= 0.3 is 0 Å². The first-order chi connectivity index (χ1) is 7.34. The van der Waals surface area contributed by atoms with Gasteiger partial charge in [-0.15, -0.1) is 0 Å². The van der Waals surface area contributed by atoms with E-state index in [9.17, 15) is 0 Å². The van der Waals surface area contributed by atoms with Gasteiger partial charge in [0.25, 0.3) is 0 Å². The highest BCUT2D eigenvalue weighted by Gasteiger charge is 2.13. The van der Waals surface area contributed by atoms with E-state index < -0.39 is 0 Å². The van der Waals surface area contributed by atoms with Crippen molar-refractivity contribution in [3.8, 4) is 0 Å². The Bertz CT molecular complexity index is 288. The number of benzene rings is 1. The maximum Gasteiger partial charge on any atom is 0.0717 e. The van der Waals surface area contributed by atoms with Crippen LogP contribution in [0.3, 0.4) is 0 Å². The molecule has 1 unspecified atom stereocenters. The minimum absolute atomic E-state index is 0.579. The lowest BCUT2D eigenvalue weighted by Gasteiger charge is -2.10. The van der Waals surface area contributed by atoms with Crippen LogP contribution in [0.5, 0.6) is 0 Å². The Balaban J connectivity index is 1.71. The fraction of sp³-hybridized carbons (Fsp3) is 0.538. The number of ether oxygens (including phenoxy) is 1. The molecule has 1 N–H and O–H groups in total. The van der Waals surface area contributed by atoms with E-state index in [1.54, 1.807) is 0 Å². The standard InChI is InChI=1S/C13H19NO/c1-11-4-6-12(7-5-11)9-15-10-13-3-2-8-14-13/h4-7,13-14H,2-3,8-10H2,1H3. The highest BCUT2D eigenvalue weighted by Crippen LogP contribution is 2.08. The molecule has 0 radical (unpaired) electrons. The molecular formula is C13H19NO. The Morgan fingerprint density at radius 3 is 2.80 bits per heavy atom. The summed E-state index contributed by atoms with van der Waals surface area (Å²) in [5.74, 6) is 0. The van der Waals surface area contributed by atoms with Crippen LogP contribution in [-0.4, -0.2) is 19.2 Å². The molecule has 1 heterocycles. The second-order valence-corrected chi connectivity index (χ2v) is 4.29. The average molecular weight is 205 g/mol. The first-order valence-corrected chi connectivity index (χ1v) is 5.71. The Morgan fingerprint density at radius 1 is 1.33 bits per heavy atom. The van der Waals surface area contributed by atoms with Crippen LogP contribution in [0.2, 0.25) is 0 Å². The minimum atomic E-state index is 0.579. The summed E-state index contributed by atoms with van der Waals surface area (Å²) in [6, 6.07) is 9.11. The predicted molar refractivity (Wildman–Crippen MR) is 61.9 cm³/mol. The van der Waals surface area contributed by atoms with Gasteiger partial charge in [-0.05, 0) is 31.9 Å². The summed E-state index contributed by atoms with van der Waals surface area (Å²) in [4.78, 5) is 0. The highest BCUT2D eigenvalue weighted by atomic mass is 16.5. The molecule has 1 aliphatic heterocycles. The first kappa shape index (κ1) is 10.7. The van der Waals surface area contributed by atoms with Gasteiger partial charge in [0, 0.05) is 6.04 Å². The number of rotatable bonds is 4. The molecule has 1 aromatic carbocycles. The molecule has 0 amide bonds. The molecule has 2 heteroatoms. The molecule has 0 aromatic heterocycles. The van der Waals surface area contributed by atoms with Crippen LogP contribution in [-0.2, 0) is 11.3 Å². The van der Waals surface area contributed by atoms with Crippen molar-refractivity contribution in [2.75, 3.05) is 13.2 Å². The average Bonchev–Trinajstić information content (AvgIpc) is 2.74. The first-order valence-electron chi connectivity index (χ1n) is 5.71. The summed E-state index contributed by atoms with van der Waals surface area (Å²) in [5, 5.41) is 3.43. The zero-order valence-corrected chi connectivity index (χ0v) is 9.33. The molecule has 1 aliphatic rings. The molecule has 2 rings (SSSR count). The van der Waals surface area contributed by atoms with Gasteiger partial charge in [-0.25, -0.2) is 0 Å². The maximum atomic E-state index is 5.68. The van der Waals surface area contributed by atoms with Gasteiger partial charge in [0.15, 0.2) is 0 Å². The van der Waals surface area contributed by atoms with Crippen LogP contribution in [0.1, 0.15) is 24.0 Å². The molecule has 1 aromatic rings. The molecule has 1 saturated heterocycles. The van der Waals surface area contributed by atoms with Gasteiger partial charge in [-0.3, -0.25) is 0 Å². The third kappa shape index (κ3) is 3.33. The summed E-state index contributed by atoms with van der Waals surface area (Å²) in [7, 11) is 0. The van der Waals surface area contributed by atoms with Crippen molar-refractivity contribution in [2.24, 2.45) is 0 Å². The molecule has 0 spiro atoms. The van der Waals surface area contributed by atoms with E-state index in [4.69, 9.17) is 4.74 Å². The fourth-order valence-electron chi connectivity index (χ4n) is 1.90. The van der Waals surface area contributed by atoms with Crippen LogP contribution in [0, 0.1) is 6.92 Å². The van der Waals surface area contributed by atoms with Crippen molar-refractivity contribution in [1.82, 2.24) is 5.32 Å². The SMILES string of the molecule is Cc1ccc(COCC2CCCN2)cc1. The fourth-order valence-corrected chi connectivity index (χ4v) is 1.90. The zero-order valence-electron chi connectivity index (χ0n) is 9.33. The summed E-state index contributed by atoms with van der Waals surface area (Å²) in [5.41, 5.74) is 2.56. The Morgan fingerprint density at radius 2 is 2.13 bits per heavy atom. The molecule has 0 aliphatic carbocycles. The monoisotopic (exact) mass is 205 g/mol. The van der Waals surface area contributed by atoms with Crippen LogP contribution in [0.15, 0.2) is 24.3 Å². The van der Waals surface area contributed by atoms with E-state index in [-0.39, 0.29) is 0 Å². The summed E-state index contributed by atoms with van der Waals surface area (Å²) in [6.07, 6.45) is 2.55. The normalized spacial score (nSPS) is 20.7. The van der Waals surface area contributed by atoms with E-state index in [0.29, 0.717) is 6.04 Å². The van der Waals surface area contributed by atoms with Crippen molar-refractivity contribution in [3.63, 3.8) is 0 Å². The Kier molecular flexibility index (Phi) is 3.75. The smallest absolute Gasteiger partial charge is 0.0717 e. The third-order valence-electron chi connectivity index (χ3n) is 2.87. The summed E-state index contributed by atoms with van der Waals surface area (Å²) < 4.78 is 5.68. The van der Waals surface area contributed by atoms with Crippen LogP contribution >= 0.6 is 0 Å². The quantitative estimate of drug-likeness (QED) is 0.814. The summed E-state index contributed by atoms with van der Waals surface area (Å²) in [6.45, 7) is 4.83. The molecule has 0 saturated carbocycles. The van der Waals surface area contributed by atoms with Gasteiger partial charge in [0.05, 0.1) is 13.2 Å². The van der Waals surface area contributed by atoms with Crippen molar-refractivity contribution < 1.29 is 4.74 Å². The largest absolute Gasteiger partial charge is 0.375 e. The number of nitrogens with one attached hydrogen (secondary N) is 1. The Labute approximate surface area is 91.6 Å². The molecule has 0 bridgehead atoms. The van der Waals surface area contributed by atoms with E-state index in [2.05, 4.69) is 36.5 Å². The number of hydrogen-bond acceptors (Lipinski definition) is 2. The third-order valence-corrected chi connectivity index (χ3v) is 2.87. The van der Waals surface area contributed by atoms with Crippen LogP contribution in [0.4, 0.5) is 0 Å². The topological polar surface area (TPSA) is 21.3 Å². The van der Waals surface area contributed by atoms with Crippen molar-refractivity contribution in [3.05, 3.63) is 35.4 Å². The number of aryl methyl sites for hydroxylation is 1. The van der Waals surface area contributed by atoms with Gasteiger partial charge in [-0.2, -0.15) is 0 Å². The lowest BCUT2D eigenvalue weighted by Crippen LogP contribution is -2.26. The van der Waals surface area contributed by atoms with E-state index in [0.717, 1.165) is 19.8 Å². The van der Waals surface area contributed by atoms with E-state index in [1.165, 1.54) is 24.0 Å². The highest BCUT2D eigenvalue weighted by molar-refractivity contribution is 5.20. The lowest BCUT2D eigenvalue weighted by molar-refractivity contribution is 0.103. The van der Waals surface area contributed by atoms with E-state index >= 15 is 0 Å². The van der Waals surface area contributed by atoms with Crippen molar-refractivity contribution in [2.45, 2.75) is 32.4 Å². The van der Waals surface area contributed by atoms with Gasteiger partial charge in [0.2, 0.25) is 0 Å². The number of hydrogen-bond donors (Lipinski definition) is 1. The van der Waals surface area contributed by atoms with Gasteiger partial charge in [0.1, 0.15) is 0 Å². The Hall–Kier alpha value is -0.860. The molecule has 1 fully saturated rings. The van der Waals surface area contributed by atoms with Gasteiger partial charge in [-0.1, -0.05) is 29.8 Å². The molecular weight excluding hydrogens is 186 g/mol. The summed E-state index contributed by atoms with van der Waals surface area (Å²) >= 11 is 0. The minimum Gasteiger partial charge on any atom is -0.375 e. The molecule has 2 nitrogen and oxygen atoms in total. The van der Waals surface area contributed by atoms with E-state index in [1.807, 2.05) is 0 Å². The van der Waals surface area contributed by atoms with Crippen LogP contribution in [0.25, 0.3) is 0 Å². The van der Waals surface area contributed by atoms with Crippen molar-refractivity contribution >= 4 is 0 Å². The maximum absolute atomic E-state index is 5.68. The van der Waals surface area contributed by atoms with Gasteiger partial charge < -0.3 is 10.1 Å². The molecule has 15 heavy (non-hydrogen) atoms. The zero-order chi connectivity index (χ0) is 10.5. The molecule has 82 valence electrons. The second-order valence-electron chi connectivity index (χ2n) is 4.29. The predicted octanol–water partition coefficient (Wildman–Crippen LogP) is 2.26. The van der Waals surface area contributed by atoms with Crippen molar-refractivity contribution in [1.29, 1.82) is 0 Å². The lowest BCUT2D eigenvalue weighted by atomic mass is 10.2. The second kappa shape index (κ2) is 5.29. The van der Waals surface area contributed by atoms with Crippen LogP contribution < -0.4 is 5.32 Å². The molecule has 1 atom stereocenters.